The molecule has 0 spiro atoms. The van der Waals surface area contributed by atoms with Crippen LogP contribution in [0.1, 0.15) is 22.9 Å². The molecule has 0 fully saturated rings. The zero-order chi connectivity index (χ0) is 15.2. The Hall–Kier alpha value is -2.58. The number of aromatic amines is 1. The van der Waals surface area contributed by atoms with E-state index in [1.54, 1.807) is 0 Å². The molecule has 0 bridgehead atoms. The molecular weight excluding hydrogens is 280 g/mol. The molecule has 1 atom stereocenters. The maximum atomic E-state index is 3.69. The van der Waals surface area contributed by atoms with Crippen LogP contribution in [0.5, 0.6) is 0 Å². The zero-order valence-electron chi connectivity index (χ0n) is 12.8. The first-order valence-corrected chi connectivity index (χ1v) is 8.22. The Labute approximate surface area is 135 Å². The SMILES string of the molecule is c1ccc2cc(C3NCCc4c3[nH]c3ccccc43)ccc2c1. The number of aromatic nitrogens is 1. The number of hydrogen-bond acceptors (Lipinski definition) is 1. The van der Waals surface area contributed by atoms with Crippen molar-refractivity contribution in [2.24, 2.45) is 0 Å². The Morgan fingerprint density at radius 1 is 0.826 bits per heavy atom. The fourth-order valence-electron chi connectivity index (χ4n) is 3.85. The Balaban J connectivity index is 1.69. The fourth-order valence-corrected chi connectivity index (χ4v) is 3.85. The Kier molecular flexibility index (Phi) is 2.79. The van der Waals surface area contributed by atoms with Gasteiger partial charge in [0.1, 0.15) is 0 Å². The van der Waals surface area contributed by atoms with E-state index < -0.39 is 0 Å². The molecule has 23 heavy (non-hydrogen) atoms. The molecule has 2 nitrogen and oxygen atoms in total. The van der Waals surface area contributed by atoms with Crippen LogP contribution in [0.4, 0.5) is 0 Å². The molecule has 1 unspecified atom stereocenters. The quantitative estimate of drug-likeness (QED) is 0.530. The topological polar surface area (TPSA) is 27.8 Å². The molecule has 1 aliphatic rings. The van der Waals surface area contributed by atoms with Crippen molar-refractivity contribution in [3.8, 4) is 0 Å². The third kappa shape index (κ3) is 1.99. The third-order valence-electron chi connectivity index (χ3n) is 4.97. The molecule has 0 aliphatic carbocycles. The van der Waals surface area contributed by atoms with Gasteiger partial charge in [-0.15, -0.1) is 0 Å². The van der Waals surface area contributed by atoms with Crippen molar-refractivity contribution in [3.63, 3.8) is 0 Å². The van der Waals surface area contributed by atoms with Gasteiger partial charge < -0.3 is 10.3 Å². The Bertz CT molecular complexity index is 1010. The normalized spacial score (nSPS) is 17.5. The minimum Gasteiger partial charge on any atom is -0.357 e. The maximum absolute atomic E-state index is 3.69. The predicted molar refractivity (Wildman–Crippen MR) is 95.8 cm³/mol. The van der Waals surface area contributed by atoms with Crippen molar-refractivity contribution < 1.29 is 0 Å². The number of H-pyrrole nitrogens is 1. The van der Waals surface area contributed by atoms with E-state index in [4.69, 9.17) is 0 Å². The van der Waals surface area contributed by atoms with Gasteiger partial charge in [-0.1, -0.05) is 54.6 Å². The summed E-state index contributed by atoms with van der Waals surface area (Å²) in [5, 5.41) is 7.65. The van der Waals surface area contributed by atoms with Gasteiger partial charge in [-0.3, -0.25) is 0 Å². The summed E-state index contributed by atoms with van der Waals surface area (Å²) in [7, 11) is 0. The number of para-hydroxylation sites is 1. The lowest BCUT2D eigenvalue weighted by atomic mass is 9.93. The molecule has 4 aromatic rings. The molecule has 2 heteroatoms. The summed E-state index contributed by atoms with van der Waals surface area (Å²) in [4.78, 5) is 3.65. The van der Waals surface area contributed by atoms with Gasteiger partial charge in [0.25, 0.3) is 0 Å². The van der Waals surface area contributed by atoms with Crippen molar-refractivity contribution in [2.45, 2.75) is 12.5 Å². The molecular formula is C21H18N2. The van der Waals surface area contributed by atoms with Crippen LogP contribution in [-0.4, -0.2) is 11.5 Å². The lowest BCUT2D eigenvalue weighted by Gasteiger charge is -2.25. The first-order chi connectivity index (χ1) is 11.4. The third-order valence-corrected chi connectivity index (χ3v) is 4.97. The van der Waals surface area contributed by atoms with Gasteiger partial charge in [0.15, 0.2) is 0 Å². The van der Waals surface area contributed by atoms with Crippen LogP contribution in [0.3, 0.4) is 0 Å². The van der Waals surface area contributed by atoms with E-state index in [1.807, 2.05) is 0 Å². The number of hydrogen-bond donors (Lipinski definition) is 2. The summed E-state index contributed by atoms with van der Waals surface area (Å²) in [5.41, 5.74) is 5.37. The highest BCUT2D eigenvalue weighted by Crippen LogP contribution is 2.34. The number of benzene rings is 3. The Morgan fingerprint density at radius 2 is 1.65 bits per heavy atom. The number of rotatable bonds is 1. The molecule has 112 valence electrons. The molecule has 2 N–H and O–H groups in total. The average molecular weight is 298 g/mol. The number of fused-ring (bicyclic) bond motifs is 4. The summed E-state index contributed by atoms with van der Waals surface area (Å²) in [6.45, 7) is 1.02. The minimum atomic E-state index is 0.246. The average Bonchev–Trinajstić information content (AvgIpc) is 3.00. The van der Waals surface area contributed by atoms with E-state index in [0.29, 0.717) is 0 Å². The second-order valence-corrected chi connectivity index (χ2v) is 6.31. The maximum Gasteiger partial charge on any atom is 0.0732 e. The molecule has 0 saturated heterocycles. The molecule has 1 aliphatic heterocycles. The smallest absolute Gasteiger partial charge is 0.0732 e. The summed E-state index contributed by atoms with van der Waals surface area (Å²) >= 11 is 0. The zero-order valence-corrected chi connectivity index (χ0v) is 12.8. The van der Waals surface area contributed by atoms with Crippen LogP contribution in [-0.2, 0) is 6.42 Å². The predicted octanol–water partition coefficient (Wildman–Crippen LogP) is 4.56. The second kappa shape index (κ2) is 4.97. The van der Waals surface area contributed by atoms with Gasteiger partial charge in [-0.05, 0) is 40.5 Å². The minimum absolute atomic E-state index is 0.246. The van der Waals surface area contributed by atoms with E-state index >= 15 is 0 Å². The van der Waals surface area contributed by atoms with Crippen molar-refractivity contribution in [2.75, 3.05) is 6.54 Å². The van der Waals surface area contributed by atoms with Crippen molar-refractivity contribution in [1.29, 1.82) is 0 Å². The van der Waals surface area contributed by atoms with Crippen molar-refractivity contribution >= 4 is 21.7 Å². The van der Waals surface area contributed by atoms with E-state index in [1.165, 1.54) is 38.5 Å². The molecule has 2 heterocycles. The van der Waals surface area contributed by atoms with Gasteiger partial charge in [0.05, 0.1) is 6.04 Å². The van der Waals surface area contributed by atoms with Crippen LogP contribution in [0.15, 0.2) is 66.7 Å². The lowest BCUT2D eigenvalue weighted by Crippen LogP contribution is -2.30. The number of nitrogens with one attached hydrogen (secondary N) is 2. The van der Waals surface area contributed by atoms with Crippen molar-refractivity contribution in [1.82, 2.24) is 10.3 Å². The van der Waals surface area contributed by atoms with E-state index in [9.17, 15) is 0 Å². The monoisotopic (exact) mass is 298 g/mol. The van der Waals surface area contributed by atoms with Gasteiger partial charge in [0.2, 0.25) is 0 Å². The molecule has 5 rings (SSSR count). The van der Waals surface area contributed by atoms with Crippen LogP contribution in [0, 0.1) is 0 Å². The van der Waals surface area contributed by atoms with Gasteiger partial charge in [0, 0.05) is 23.1 Å². The van der Waals surface area contributed by atoms with Gasteiger partial charge in [-0.2, -0.15) is 0 Å². The standard InChI is InChI=1S/C21H18N2/c1-2-6-15-13-16(10-9-14(15)5-1)20-21-18(11-12-22-20)17-7-3-4-8-19(17)23-21/h1-10,13,20,22-23H,11-12H2. The molecule has 0 radical (unpaired) electrons. The van der Waals surface area contributed by atoms with Crippen LogP contribution >= 0.6 is 0 Å². The highest BCUT2D eigenvalue weighted by molar-refractivity contribution is 5.86. The van der Waals surface area contributed by atoms with Crippen LogP contribution in [0.25, 0.3) is 21.7 Å². The summed E-state index contributed by atoms with van der Waals surface area (Å²) in [6.07, 6.45) is 1.09. The molecule has 0 saturated carbocycles. The fraction of sp³-hybridized carbons (Fsp3) is 0.143. The largest absolute Gasteiger partial charge is 0.357 e. The lowest BCUT2D eigenvalue weighted by molar-refractivity contribution is 0.561. The summed E-state index contributed by atoms with van der Waals surface area (Å²) < 4.78 is 0. The Morgan fingerprint density at radius 3 is 2.61 bits per heavy atom. The molecule has 1 aromatic heterocycles. The first kappa shape index (κ1) is 12.9. The highest BCUT2D eigenvalue weighted by Gasteiger charge is 2.25. The van der Waals surface area contributed by atoms with Gasteiger partial charge >= 0.3 is 0 Å². The molecule has 3 aromatic carbocycles. The van der Waals surface area contributed by atoms with E-state index in [0.717, 1.165) is 13.0 Å². The van der Waals surface area contributed by atoms with E-state index in [2.05, 4.69) is 77.0 Å². The molecule has 0 amide bonds. The van der Waals surface area contributed by atoms with Crippen LogP contribution in [0.2, 0.25) is 0 Å². The van der Waals surface area contributed by atoms with Gasteiger partial charge in [-0.25, -0.2) is 0 Å². The highest BCUT2D eigenvalue weighted by atomic mass is 15.0. The first-order valence-electron chi connectivity index (χ1n) is 8.22. The van der Waals surface area contributed by atoms with Crippen LogP contribution < -0.4 is 5.32 Å². The van der Waals surface area contributed by atoms with E-state index in [-0.39, 0.29) is 6.04 Å². The van der Waals surface area contributed by atoms with Crippen molar-refractivity contribution in [3.05, 3.63) is 83.6 Å². The summed E-state index contributed by atoms with van der Waals surface area (Å²) in [5.74, 6) is 0. The second-order valence-electron chi connectivity index (χ2n) is 6.31. The summed E-state index contributed by atoms with van der Waals surface area (Å²) in [6, 6.07) is 24.2.